The van der Waals surface area contributed by atoms with Gasteiger partial charge in [0.2, 0.25) is 0 Å². The standard InChI is InChI=1S/C9H16O2/c1-8-3-4-9(2,11)7(8)6(10)5-8/h6-7,10-11H,3-5H2,1-2H3. The van der Waals surface area contributed by atoms with Gasteiger partial charge in [-0.2, -0.15) is 0 Å². The third-order valence-corrected chi connectivity index (χ3v) is 3.68. The maximum absolute atomic E-state index is 9.86. The highest BCUT2D eigenvalue weighted by Crippen LogP contribution is 2.61. The summed E-state index contributed by atoms with van der Waals surface area (Å²) in [6.45, 7) is 4.02. The lowest BCUT2D eigenvalue weighted by Crippen LogP contribution is -2.54. The van der Waals surface area contributed by atoms with Crippen LogP contribution in [0.25, 0.3) is 0 Å². The lowest BCUT2D eigenvalue weighted by atomic mass is 9.58. The molecule has 2 N–H and O–H groups in total. The van der Waals surface area contributed by atoms with E-state index in [0.29, 0.717) is 0 Å². The zero-order valence-electron chi connectivity index (χ0n) is 7.17. The summed E-state index contributed by atoms with van der Waals surface area (Å²) in [5.74, 6) is 0.134. The van der Waals surface area contributed by atoms with Crippen LogP contribution < -0.4 is 0 Å². The van der Waals surface area contributed by atoms with E-state index in [1.54, 1.807) is 0 Å². The average Bonchev–Trinajstić information content (AvgIpc) is 1.98. The Morgan fingerprint density at radius 1 is 1.27 bits per heavy atom. The highest BCUT2D eigenvalue weighted by Gasteiger charge is 2.61. The van der Waals surface area contributed by atoms with Crippen molar-refractivity contribution < 1.29 is 10.2 Å². The summed E-state index contributed by atoms with van der Waals surface area (Å²) in [6, 6.07) is 0. The number of aliphatic hydroxyl groups is 2. The molecule has 2 fully saturated rings. The first-order chi connectivity index (χ1) is 4.96. The minimum absolute atomic E-state index is 0.134. The molecule has 0 aromatic rings. The molecule has 0 radical (unpaired) electrons. The first kappa shape index (κ1) is 7.56. The van der Waals surface area contributed by atoms with Crippen LogP contribution >= 0.6 is 0 Å². The van der Waals surface area contributed by atoms with Gasteiger partial charge in [-0.1, -0.05) is 6.92 Å². The Bertz CT molecular complexity index is 176. The summed E-state index contributed by atoms with van der Waals surface area (Å²) in [7, 11) is 0. The number of fused-ring (bicyclic) bond motifs is 1. The molecule has 0 amide bonds. The van der Waals surface area contributed by atoms with E-state index in [9.17, 15) is 10.2 Å². The van der Waals surface area contributed by atoms with Crippen LogP contribution in [0, 0.1) is 11.3 Å². The van der Waals surface area contributed by atoms with Crippen LogP contribution in [0.2, 0.25) is 0 Å². The molecule has 0 spiro atoms. The molecule has 0 bridgehead atoms. The molecule has 2 heteroatoms. The summed E-state index contributed by atoms with van der Waals surface area (Å²) in [6.07, 6.45) is 2.55. The second kappa shape index (κ2) is 1.80. The Balaban J connectivity index is 2.24. The molecule has 0 saturated heterocycles. The molecule has 0 heterocycles. The van der Waals surface area contributed by atoms with Gasteiger partial charge in [0.15, 0.2) is 0 Å². The highest BCUT2D eigenvalue weighted by molar-refractivity contribution is 5.11. The van der Waals surface area contributed by atoms with Crippen LogP contribution in [0.4, 0.5) is 0 Å². The SMILES string of the molecule is CC1(O)CCC2(C)CC(O)C12. The van der Waals surface area contributed by atoms with Crippen molar-refractivity contribution in [2.75, 3.05) is 0 Å². The summed E-state index contributed by atoms with van der Waals surface area (Å²) in [5, 5.41) is 19.3. The van der Waals surface area contributed by atoms with E-state index in [1.165, 1.54) is 0 Å². The minimum Gasteiger partial charge on any atom is -0.393 e. The summed E-state index contributed by atoms with van der Waals surface area (Å²) < 4.78 is 0. The Kier molecular flexibility index (Phi) is 1.24. The van der Waals surface area contributed by atoms with E-state index < -0.39 is 5.60 Å². The first-order valence-corrected chi connectivity index (χ1v) is 4.36. The van der Waals surface area contributed by atoms with Gasteiger partial charge in [-0.05, 0) is 31.6 Å². The largest absolute Gasteiger partial charge is 0.393 e. The van der Waals surface area contributed by atoms with Crippen LogP contribution in [0.3, 0.4) is 0 Å². The van der Waals surface area contributed by atoms with Gasteiger partial charge in [0.05, 0.1) is 11.7 Å². The van der Waals surface area contributed by atoms with Crippen LogP contribution in [0.5, 0.6) is 0 Å². The smallest absolute Gasteiger partial charge is 0.0677 e. The zero-order valence-corrected chi connectivity index (χ0v) is 7.17. The molecular weight excluding hydrogens is 140 g/mol. The quantitative estimate of drug-likeness (QED) is 0.547. The van der Waals surface area contributed by atoms with Crippen molar-refractivity contribution in [1.29, 1.82) is 0 Å². The lowest BCUT2D eigenvalue weighted by Gasteiger charge is -2.50. The van der Waals surface area contributed by atoms with E-state index in [-0.39, 0.29) is 17.4 Å². The summed E-state index contributed by atoms with van der Waals surface area (Å²) in [5.41, 5.74) is -0.366. The Morgan fingerprint density at radius 3 is 2.27 bits per heavy atom. The number of rotatable bonds is 0. The molecule has 0 aliphatic heterocycles. The van der Waals surface area contributed by atoms with Gasteiger partial charge >= 0.3 is 0 Å². The van der Waals surface area contributed by atoms with Gasteiger partial charge in [0, 0.05) is 5.92 Å². The second-order valence-corrected chi connectivity index (χ2v) is 4.76. The van der Waals surface area contributed by atoms with Gasteiger partial charge in [0.1, 0.15) is 0 Å². The first-order valence-electron chi connectivity index (χ1n) is 4.36. The maximum atomic E-state index is 9.86. The predicted octanol–water partition coefficient (Wildman–Crippen LogP) is 0.918. The molecule has 0 aromatic carbocycles. The Hall–Kier alpha value is -0.0800. The van der Waals surface area contributed by atoms with E-state index in [0.717, 1.165) is 19.3 Å². The molecule has 2 aliphatic rings. The van der Waals surface area contributed by atoms with Crippen molar-refractivity contribution in [2.24, 2.45) is 11.3 Å². The number of hydrogen-bond acceptors (Lipinski definition) is 2. The molecular formula is C9H16O2. The fraction of sp³-hybridized carbons (Fsp3) is 1.00. The van der Waals surface area contributed by atoms with E-state index in [1.807, 2.05) is 6.92 Å². The zero-order chi connectivity index (χ0) is 8.28. The average molecular weight is 156 g/mol. The molecule has 64 valence electrons. The van der Waals surface area contributed by atoms with Crippen LogP contribution in [-0.2, 0) is 0 Å². The highest BCUT2D eigenvalue weighted by atomic mass is 16.3. The topological polar surface area (TPSA) is 40.5 Å². The second-order valence-electron chi connectivity index (χ2n) is 4.76. The molecule has 4 unspecified atom stereocenters. The molecule has 2 saturated carbocycles. The lowest BCUT2D eigenvalue weighted by molar-refractivity contribution is -0.149. The number of hydrogen-bond donors (Lipinski definition) is 2. The van der Waals surface area contributed by atoms with E-state index in [4.69, 9.17) is 0 Å². The summed E-state index contributed by atoms with van der Waals surface area (Å²) in [4.78, 5) is 0. The minimum atomic E-state index is -0.605. The van der Waals surface area contributed by atoms with Crippen molar-refractivity contribution in [1.82, 2.24) is 0 Å². The van der Waals surface area contributed by atoms with Crippen molar-refractivity contribution in [2.45, 2.75) is 44.8 Å². The molecule has 2 nitrogen and oxygen atoms in total. The van der Waals surface area contributed by atoms with Gasteiger partial charge in [-0.25, -0.2) is 0 Å². The van der Waals surface area contributed by atoms with Gasteiger partial charge in [0.25, 0.3) is 0 Å². The van der Waals surface area contributed by atoms with Gasteiger partial charge in [-0.3, -0.25) is 0 Å². The van der Waals surface area contributed by atoms with Crippen LogP contribution in [0.15, 0.2) is 0 Å². The monoisotopic (exact) mass is 156 g/mol. The Labute approximate surface area is 67.2 Å². The van der Waals surface area contributed by atoms with E-state index in [2.05, 4.69) is 6.92 Å². The molecule has 2 aliphatic carbocycles. The fourth-order valence-corrected chi connectivity index (χ4v) is 3.14. The number of aliphatic hydroxyl groups excluding tert-OH is 1. The molecule has 11 heavy (non-hydrogen) atoms. The molecule has 4 atom stereocenters. The van der Waals surface area contributed by atoms with Gasteiger partial charge in [-0.15, -0.1) is 0 Å². The third kappa shape index (κ3) is 0.798. The van der Waals surface area contributed by atoms with Crippen molar-refractivity contribution in [3.8, 4) is 0 Å². The maximum Gasteiger partial charge on any atom is 0.0677 e. The van der Waals surface area contributed by atoms with Crippen LogP contribution in [0.1, 0.15) is 33.1 Å². The Morgan fingerprint density at radius 2 is 1.91 bits per heavy atom. The van der Waals surface area contributed by atoms with Gasteiger partial charge < -0.3 is 10.2 Å². The van der Waals surface area contributed by atoms with Crippen molar-refractivity contribution in [3.63, 3.8) is 0 Å². The van der Waals surface area contributed by atoms with Crippen LogP contribution in [-0.4, -0.2) is 21.9 Å². The fourth-order valence-electron chi connectivity index (χ4n) is 3.14. The van der Waals surface area contributed by atoms with E-state index >= 15 is 0 Å². The normalized spacial score (nSPS) is 62.2. The van der Waals surface area contributed by atoms with Crippen molar-refractivity contribution >= 4 is 0 Å². The predicted molar refractivity (Wildman–Crippen MR) is 42.1 cm³/mol. The molecule has 0 aromatic heterocycles. The van der Waals surface area contributed by atoms with Crippen molar-refractivity contribution in [3.05, 3.63) is 0 Å². The third-order valence-electron chi connectivity index (χ3n) is 3.68. The summed E-state index contributed by atoms with van der Waals surface area (Å²) >= 11 is 0. The molecule has 2 rings (SSSR count).